The summed E-state index contributed by atoms with van der Waals surface area (Å²) in [6.07, 6.45) is 1.72. The highest BCUT2D eigenvalue weighted by Crippen LogP contribution is 2.29. The van der Waals surface area contributed by atoms with E-state index in [4.69, 9.17) is 8.83 Å². The van der Waals surface area contributed by atoms with Crippen molar-refractivity contribution in [3.8, 4) is 11.5 Å². The lowest BCUT2D eigenvalue weighted by molar-refractivity contribution is -0.133. The molecule has 0 aliphatic carbocycles. The molecule has 9 heteroatoms. The Labute approximate surface area is 169 Å². The number of nitrogens with zero attached hydrogens (tertiary/aromatic N) is 4. The Balaban J connectivity index is 1.32. The summed E-state index contributed by atoms with van der Waals surface area (Å²) in [5.41, 5.74) is 2.01. The van der Waals surface area contributed by atoms with Gasteiger partial charge in [0.2, 0.25) is 17.7 Å². The second kappa shape index (κ2) is 7.32. The largest absolute Gasteiger partial charge is 0.420 e. The van der Waals surface area contributed by atoms with Crippen LogP contribution < -0.4 is 5.76 Å². The number of hydrogen-bond donors (Lipinski definition) is 0. The molecule has 4 aromatic rings. The number of amides is 1. The highest BCUT2D eigenvalue weighted by molar-refractivity contribution is 7.08. The topological polar surface area (TPSA) is 94.4 Å². The van der Waals surface area contributed by atoms with Crippen LogP contribution in [0.3, 0.4) is 0 Å². The summed E-state index contributed by atoms with van der Waals surface area (Å²) < 4.78 is 12.5. The zero-order chi connectivity index (χ0) is 19.8. The molecule has 0 radical (unpaired) electrons. The molecule has 3 aromatic heterocycles. The Morgan fingerprint density at radius 3 is 2.97 bits per heavy atom. The number of hydrogen-bond acceptors (Lipinski definition) is 7. The van der Waals surface area contributed by atoms with Crippen molar-refractivity contribution in [3.05, 3.63) is 57.5 Å². The molecule has 1 aliphatic heterocycles. The average Bonchev–Trinajstić information content (AvgIpc) is 3.49. The van der Waals surface area contributed by atoms with Crippen LogP contribution >= 0.6 is 11.3 Å². The van der Waals surface area contributed by atoms with Gasteiger partial charge < -0.3 is 13.7 Å². The summed E-state index contributed by atoms with van der Waals surface area (Å²) in [6.45, 7) is 1.09. The first-order valence-electron chi connectivity index (χ1n) is 9.41. The summed E-state index contributed by atoms with van der Waals surface area (Å²) in [4.78, 5) is 26.8. The van der Waals surface area contributed by atoms with Crippen molar-refractivity contribution in [2.75, 3.05) is 13.1 Å². The van der Waals surface area contributed by atoms with Crippen LogP contribution in [0, 0.1) is 0 Å². The van der Waals surface area contributed by atoms with E-state index in [0.29, 0.717) is 36.0 Å². The van der Waals surface area contributed by atoms with Crippen molar-refractivity contribution < 1.29 is 13.6 Å². The molecule has 0 spiro atoms. The van der Waals surface area contributed by atoms with Crippen LogP contribution in [-0.4, -0.2) is 38.7 Å². The van der Waals surface area contributed by atoms with Gasteiger partial charge in [-0.25, -0.2) is 4.79 Å². The van der Waals surface area contributed by atoms with Crippen LogP contribution in [0.2, 0.25) is 0 Å². The van der Waals surface area contributed by atoms with Crippen molar-refractivity contribution in [2.45, 2.75) is 25.3 Å². The maximum absolute atomic E-state index is 12.9. The number of fused-ring (bicyclic) bond motifs is 1. The van der Waals surface area contributed by atoms with Gasteiger partial charge in [0.1, 0.15) is 6.54 Å². The van der Waals surface area contributed by atoms with Gasteiger partial charge in [-0.2, -0.15) is 11.3 Å². The molecule has 0 bridgehead atoms. The highest BCUT2D eigenvalue weighted by Gasteiger charge is 2.29. The van der Waals surface area contributed by atoms with Gasteiger partial charge in [0.15, 0.2) is 5.58 Å². The van der Waals surface area contributed by atoms with Crippen molar-refractivity contribution in [1.82, 2.24) is 19.7 Å². The molecule has 5 rings (SSSR count). The van der Waals surface area contributed by atoms with E-state index in [1.165, 1.54) is 4.57 Å². The first kappa shape index (κ1) is 17.9. The smallest absolute Gasteiger partial charge is 0.420 e. The fourth-order valence-corrected chi connectivity index (χ4v) is 4.34. The minimum Gasteiger partial charge on any atom is -0.420 e. The number of rotatable bonds is 4. The number of carbonyl (C=O) groups excluding carboxylic acids is 1. The minimum atomic E-state index is -0.523. The number of likely N-dealkylation sites (tertiary alicyclic amines) is 1. The van der Waals surface area contributed by atoms with E-state index in [1.54, 1.807) is 34.4 Å². The lowest BCUT2D eigenvalue weighted by atomic mass is 9.98. The molecule has 29 heavy (non-hydrogen) atoms. The third kappa shape index (κ3) is 3.38. The average molecular weight is 410 g/mol. The number of benzene rings is 1. The molecule has 4 heterocycles. The van der Waals surface area contributed by atoms with Crippen molar-refractivity contribution in [2.24, 2.45) is 0 Å². The molecule has 1 atom stereocenters. The minimum absolute atomic E-state index is 0.00889. The molecule has 148 valence electrons. The van der Waals surface area contributed by atoms with Crippen LogP contribution in [0.25, 0.3) is 22.6 Å². The van der Waals surface area contributed by atoms with Gasteiger partial charge >= 0.3 is 5.76 Å². The van der Waals surface area contributed by atoms with Crippen molar-refractivity contribution in [3.63, 3.8) is 0 Å². The number of piperidine rings is 1. The van der Waals surface area contributed by atoms with Crippen LogP contribution in [0.1, 0.15) is 24.7 Å². The molecule has 1 fully saturated rings. The van der Waals surface area contributed by atoms with E-state index in [9.17, 15) is 9.59 Å². The molecule has 1 amide bonds. The Morgan fingerprint density at radius 2 is 2.10 bits per heavy atom. The van der Waals surface area contributed by atoms with Gasteiger partial charge in [0.05, 0.1) is 11.4 Å². The number of carbonyl (C=O) groups is 1. The Kier molecular flexibility index (Phi) is 4.51. The van der Waals surface area contributed by atoms with E-state index >= 15 is 0 Å². The number of para-hydroxylation sites is 2. The third-order valence-electron chi connectivity index (χ3n) is 5.20. The summed E-state index contributed by atoms with van der Waals surface area (Å²) in [7, 11) is 0. The second-order valence-electron chi connectivity index (χ2n) is 7.06. The van der Waals surface area contributed by atoms with Crippen LogP contribution in [0.15, 0.2) is 54.7 Å². The molecule has 0 saturated carbocycles. The first-order chi connectivity index (χ1) is 14.2. The molecular weight excluding hydrogens is 392 g/mol. The van der Waals surface area contributed by atoms with E-state index < -0.39 is 5.76 Å². The summed E-state index contributed by atoms with van der Waals surface area (Å²) in [5, 5.41) is 12.3. The van der Waals surface area contributed by atoms with Gasteiger partial charge in [0, 0.05) is 24.0 Å². The van der Waals surface area contributed by atoms with Crippen LogP contribution in [-0.2, 0) is 11.3 Å². The molecular formula is C20H18N4O4S. The molecule has 1 aromatic carbocycles. The summed E-state index contributed by atoms with van der Waals surface area (Å²) >= 11 is 1.57. The van der Waals surface area contributed by atoms with E-state index in [-0.39, 0.29) is 18.4 Å². The Hall–Kier alpha value is -3.20. The highest BCUT2D eigenvalue weighted by atomic mass is 32.1. The number of oxazole rings is 1. The molecule has 1 unspecified atom stereocenters. The maximum atomic E-state index is 12.9. The van der Waals surface area contributed by atoms with Crippen molar-refractivity contribution in [1.29, 1.82) is 0 Å². The van der Waals surface area contributed by atoms with Crippen LogP contribution in [0.4, 0.5) is 0 Å². The zero-order valence-electron chi connectivity index (χ0n) is 15.5. The van der Waals surface area contributed by atoms with Crippen LogP contribution in [0.5, 0.6) is 0 Å². The summed E-state index contributed by atoms with van der Waals surface area (Å²) in [6, 6.07) is 9.04. The van der Waals surface area contributed by atoms with Crippen molar-refractivity contribution >= 4 is 28.3 Å². The SMILES string of the molecule is O=C(Cn1c(=O)oc2ccccc21)N1CCCC(c2nnc(-c3ccsc3)o2)C1. The Morgan fingerprint density at radius 1 is 1.21 bits per heavy atom. The Bertz CT molecular complexity index is 1210. The normalized spacial score (nSPS) is 17.1. The molecule has 1 aliphatic rings. The van der Waals surface area contributed by atoms with Gasteiger partial charge in [-0.1, -0.05) is 12.1 Å². The third-order valence-corrected chi connectivity index (χ3v) is 5.88. The molecule has 1 saturated heterocycles. The monoisotopic (exact) mass is 410 g/mol. The molecule has 8 nitrogen and oxygen atoms in total. The molecule has 0 N–H and O–H groups in total. The fraction of sp³-hybridized carbons (Fsp3) is 0.300. The maximum Gasteiger partial charge on any atom is 0.420 e. The lowest BCUT2D eigenvalue weighted by Gasteiger charge is -2.31. The number of aromatic nitrogens is 3. The van der Waals surface area contributed by atoms with Gasteiger partial charge in [-0.05, 0) is 36.4 Å². The predicted octanol–water partition coefficient (Wildman–Crippen LogP) is 3.11. The zero-order valence-corrected chi connectivity index (χ0v) is 16.3. The van der Waals surface area contributed by atoms with E-state index in [0.717, 1.165) is 18.4 Å². The standard InChI is InChI=1S/C20H18N4O4S/c25-17(11-24-15-5-1-2-6-16(15)27-20(24)26)23-8-3-4-13(10-23)18-21-22-19(28-18)14-7-9-29-12-14/h1-2,5-7,9,12-13H,3-4,8,10-11H2. The van der Waals surface area contributed by atoms with Gasteiger partial charge in [0.25, 0.3) is 0 Å². The quantitative estimate of drug-likeness (QED) is 0.513. The predicted molar refractivity (Wildman–Crippen MR) is 107 cm³/mol. The first-order valence-corrected chi connectivity index (χ1v) is 10.4. The lowest BCUT2D eigenvalue weighted by Crippen LogP contribution is -2.41. The number of thiophene rings is 1. The van der Waals surface area contributed by atoms with E-state index in [2.05, 4.69) is 10.2 Å². The van der Waals surface area contributed by atoms with Gasteiger partial charge in [-0.15, -0.1) is 10.2 Å². The van der Waals surface area contributed by atoms with Gasteiger partial charge in [-0.3, -0.25) is 9.36 Å². The fourth-order valence-electron chi connectivity index (χ4n) is 3.71. The second-order valence-corrected chi connectivity index (χ2v) is 7.84. The summed E-state index contributed by atoms with van der Waals surface area (Å²) in [5.74, 6) is 0.396. The van der Waals surface area contributed by atoms with E-state index in [1.807, 2.05) is 22.9 Å².